The molecule has 0 saturated carbocycles. The van der Waals surface area contributed by atoms with Gasteiger partial charge in [-0.15, -0.1) is 0 Å². The molecule has 0 aliphatic heterocycles. The van der Waals surface area contributed by atoms with Crippen molar-refractivity contribution < 1.29 is 14.6 Å². The van der Waals surface area contributed by atoms with Crippen LogP contribution in [-0.4, -0.2) is 16.1 Å². The van der Waals surface area contributed by atoms with Crippen molar-refractivity contribution in [3.05, 3.63) is 47.3 Å². The second-order valence-corrected chi connectivity index (χ2v) is 4.20. The minimum atomic E-state index is -1.08. The Kier molecular flexibility index (Phi) is 3.37. The van der Waals surface area contributed by atoms with Crippen LogP contribution >= 0.6 is 0 Å². The van der Waals surface area contributed by atoms with Crippen molar-refractivity contribution in [3.8, 4) is 11.5 Å². The molecule has 0 radical (unpaired) electrons. The third-order valence-corrected chi connectivity index (χ3v) is 2.78. The lowest BCUT2D eigenvalue weighted by Gasteiger charge is -2.11. The summed E-state index contributed by atoms with van der Waals surface area (Å²) in [5.41, 5.74) is 7.41. The van der Waals surface area contributed by atoms with Gasteiger partial charge in [-0.25, -0.2) is 4.79 Å². The molecular weight excluding hydrogens is 244 g/mol. The maximum atomic E-state index is 11.1. The molecule has 1 aromatic carbocycles. The number of aryl methyl sites for hydroxylation is 2. The zero-order valence-corrected chi connectivity index (χ0v) is 10.7. The summed E-state index contributed by atoms with van der Waals surface area (Å²) in [6, 6.07) is 6.64. The molecule has 0 fully saturated rings. The van der Waals surface area contributed by atoms with Crippen LogP contribution in [0.3, 0.4) is 0 Å². The van der Waals surface area contributed by atoms with Gasteiger partial charge in [-0.3, -0.25) is 4.98 Å². The van der Waals surface area contributed by atoms with Gasteiger partial charge in [-0.05, 0) is 43.7 Å². The minimum Gasteiger partial charge on any atom is -0.478 e. The first-order valence-electron chi connectivity index (χ1n) is 5.72. The van der Waals surface area contributed by atoms with Crippen molar-refractivity contribution in [1.29, 1.82) is 0 Å². The number of carboxylic acid groups (broad SMARTS) is 1. The van der Waals surface area contributed by atoms with Crippen molar-refractivity contribution in [2.45, 2.75) is 13.8 Å². The van der Waals surface area contributed by atoms with E-state index >= 15 is 0 Å². The molecule has 0 saturated heterocycles. The number of nitrogens with two attached hydrogens (primary N) is 1. The highest BCUT2D eigenvalue weighted by atomic mass is 16.5. The van der Waals surface area contributed by atoms with Crippen LogP contribution in [0.2, 0.25) is 0 Å². The van der Waals surface area contributed by atoms with Crippen LogP contribution < -0.4 is 10.5 Å². The van der Waals surface area contributed by atoms with Crippen molar-refractivity contribution in [3.63, 3.8) is 0 Å². The first-order chi connectivity index (χ1) is 8.99. The fraction of sp³-hybridized carbons (Fsp3) is 0.143. The Morgan fingerprint density at radius 3 is 2.74 bits per heavy atom. The normalized spacial score (nSPS) is 10.2. The number of ether oxygens (including phenoxy) is 1. The molecule has 0 atom stereocenters. The highest BCUT2D eigenvalue weighted by molar-refractivity contribution is 5.95. The molecule has 98 valence electrons. The molecule has 1 heterocycles. The van der Waals surface area contributed by atoms with E-state index in [1.807, 2.05) is 6.92 Å². The number of nitrogen functional groups attached to an aromatic ring is 1. The van der Waals surface area contributed by atoms with Gasteiger partial charge in [-0.1, -0.05) is 0 Å². The van der Waals surface area contributed by atoms with E-state index in [2.05, 4.69) is 4.98 Å². The van der Waals surface area contributed by atoms with Gasteiger partial charge in [0, 0.05) is 11.9 Å². The van der Waals surface area contributed by atoms with Gasteiger partial charge in [0.15, 0.2) is 0 Å². The Morgan fingerprint density at radius 1 is 1.37 bits per heavy atom. The summed E-state index contributed by atoms with van der Waals surface area (Å²) in [5.74, 6) is -0.0582. The average molecular weight is 258 g/mol. The lowest BCUT2D eigenvalue weighted by molar-refractivity contribution is 0.0697. The summed E-state index contributed by atoms with van der Waals surface area (Å²) in [6.45, 7) is 3.56. The number of nitrogens with zero attached hydrogens (tertiary/aromatic N) is 1. The maximum absolute atomic E-state index is 11.1. The number of hydrogen-bond donors (Lipinski definition) is 2. The molecule has 3 N–H and O–H groups in total. The van der Waals surface area contributed by atoms with Gasteiger partial charge in [0.25, 0.3) is 0 Å². The molecule has 0 spiro atoms. The van der Waals surface area contributed by atoms with Crippen LogP contribution in [0.1, 0.15) is 21.6 Å². The van der Waals surface area contributed by atoms with E-state index in [9.17, 15) is 4.79 Å². The van der Waals surface area contributed by atoms with Crippen molar-refractivity contribution >= 4 is 11.7 Å². The first kappa shape index (κ1) is 12.9. The molecular formula is C14H14N2O3. The summed E-state index contributed by atoms with van der Waals surface area (Å²) in [5, 5.41) is 9.09. The third kappa shape index (κ3) is 2.65. The molecule has 2 aromatic rings. The van der Waals surface area contributed by atoms with Crippen LogP contribution in [0.4, 0.5) is 5.69 Å². The molecule has 5 heteroatoms. The second-order valence-electron chi connectivity index (χ2n) is 4.20. The summed E-state index contributed by atoms with van der Waals surface area (Å²) in [4.78, 5) is 15.2. The number of hydrogen-bond acceptors (Lipinski definition) is 4. The number of carboxylic acids is 1. The Labute approximate surface area is 110 Å². The molecule has 5 nitrogen and oxygen atoms in total. The maximum Gasteiger partial charge on any atom is 0.337 e. The lowest BCUT2D eigenvalue weighted by atomic mass is 10.1. The summed E-state index contributed by atoms with van der Waals surface area (Å²) in [7, 11) is 0. The van der Waals surface area contributed by atoms with Crippen LogP contribution in [0.15, 0.2) is 30.5 Å². The van der Waals surface area contributed by atoms with Gasteiger partial charge >= 0.3 is 5.97 Å². The zero-order valence-electron chi connectivity index (χ0n) is 10.7. The van der Waals surface area contributed by atoms with Crippen LogP contribution in [0.5, 0.6) is 11.5 Å². The van der Waals surface area contributed by atoms with E-state index in [1.54, 1.807) is 31.3 Å². The lowest BCUT2D eigenvalue weighted by Crippen LogP contribution is -2.04. The number of benzene rings is 1. The predicted octanol–water partition coefficient (Wildman–Crippen LogP) is 2.77. The molecule has 0 aliphatic rings. The molecule has 0 bridgehead atoms. The monoisotopic (exact) mass is 258 g/mol. The molecule has 0 unspecified atom stereocenters. The van der Waals surface area contributed by atoms with E-state index < -0.39 is 5.97 Å². The molecule has 19 heavy (non-hydrogen) atoms. The minimum absolute atomic E-state index is 0.0385. The fourth-order valence-electron chi connectivity index (χ4n) is 1.71. The smallest absolute Gasteiger partial charge is 0.337 e. The highest BCUT2D eigenvalue weighted by Gasteiger charge is 2.13. The van der Waals surface area contributed by atoms with Crippen molar-refractivity contribution in [1.82, 2.24) is 4.98 Å². The summed E-state index contributed by atoms with van der Waals surface area (Å²) < 4.78 is 5.65. The average Bonchev–Trinajstić information content (AvgIpc) is 2.36. The number of anilines is 1. The van der Waals surface area contributed by atoms with Crippen LogP contribution in [0, 0.1) is 13.8 Å². The van der Waals surface area contributed by atoms with Gasteiger partial charge in [-0.2, -0.15) is 0 Å². The van der Waals surface area contributed by atoms with Gasteiger partial charge < -0.3 is 15.6 Å². The van der Waals surface area contributed by atoms with Crippen LogP contribution in [-0.2, 0) is 0 Å². The summed E-state index contributed by atoms with van der Waals surface area (Å²) >= 11 is 0. The zero-order chi connectivity index (χ0) is 14.0. The van der Waals surface area contributed by atoms with E-state index in [0.29, 0.717) is 17.1 Å². The standard InChI is InChI=1S/C14H14N2O3/c1-8-6-10(7-11(13(8)15)14(17)18)19-12-4-3-5-16-9(12)2/h3-7H,15H2,1-2H3,(H,17,18). The Balaban J connectivity index is 2.42. The number of aromatic nitrogens is 1. The van der Waals surface area contributed by atoms with E-state index in [-0.39, 0.29) is 11.3 Å². The number of rotatable bonds is 3. The van der Waals surface area contributed by atoms with Gasteiger partial charge in [0.1, 0.15) is 11.5 Å². The SMILES string of the molecule is Cc1cc(Oc2cccnc2C)cc(C(=O)O)c1N. The number of carbonyl (C=O) groups is 1. The van der Waals surface area contributed by atoms with Crippen molar-refractivity contribution in [2.75, 3.05) is 5.73 Å². The highest BCUT2D eigenvalue weighted by Crippen LogP contribution is 2.29. The molecule has 0 amide bonds. The predicted molar refractivity (Wildman–Crippen MR) is 71.6 cm³/mol. The Bertz CT molecular complexity index is 639. The molecule has 0 aliphatic carbocycles. The van der Waals surface area contributed by atoms with Gasteiger partial charge in [0.05, 0.1) is 11.3 Å². The van der Waals surface area contributed by atoms with Gasteiger partial charge in [0.2, 0.25) is 0 Å². The molecule has 1 aromatic heterocycles. The topological polar surface area (TPSA) is 85.4 Å². The number of pyridine rings is 1. The fourth-order valence-corrected chi connectivity index (χ4v) is 1.71. The van der Waals surface area contributed by atoms with E-state index in [1.165, 1.54) is 6.07 Å². The Morgan fingerprint density at radius 2 is 2.11 bits per heavy atom. The molecule has 2 rings (SSSR count). The first-order valence-corrected chi connectivity index (χ1v) is 5.72. The number of aromatic carboxylic acids is 1. The summed E-state index contributed by atoms with van der Waals surface area (Å²) in [6.07, 6.45) is 1.67. The van der Waals surface area contributed by atoms with Crippen LogP contribution in [0.25, 0.3) is 0 Å². The third-order valence-electron chi connectivity index (χ3n) is 2.78. The van der Waals surface area contributed by atoms with E-state index in [0.717, 1.165) is 5.69 Å². The second kappa shape index (κ2) is 4.97. The van der Waals surface area contributed by atoms with Crippen molar-refractivity contribution in [2.24, 2.45) is 0 Å². The largest absolute Gasteiger partial charge is 0.478 e. The van der Waals surface area contributed by atoms with E-state index in [4.69, 9.17) is 15.6 Å². The Hall–Kier alpha value is -2.56. The quantitative estimate of drug-likeness (QED) is 0.827.